The average molecular weight is 467 g/mol. The highest BCUT2D eigenvalue weighted by Gasteiger charge is 2.18. The summed E-state index contributed by atoms with van der Waals surface area (Å²) in [6.07, 6.45) is 6.21. The Morgan fingerprint density at radius 1 is 0.943 bits per heavy atom. The topological polar surface area (TPSA) is 24.8 Å². The first-order chi connectivity index (χ1) is 16.9. The molecule has 3 aromatic carbocycles. The Kier molecular flexibility index (Phi) is 6.80. The summed E-state index contributed by atoms with van der Waals surface area (Å²) in [5.41, 5.74) is 7.66. The number of hydrogen-bond donors (Lipinski definition) is 0. The van der Waals surface area contributed by atoms with Gasteiger partial charge in [0.2, 0.25) is 0 Å². The number of rotatable bonds is 6. The van der Waals surface area contributed by atoms with E-state index in [1.165, 1.54) is 71.0 Å². The van der Waals surface area contributed by atoms with E-state index in [1.54, 1.807) is 0 Å². The quantitative estimate of drug-likeness (QED) is 0.449. The van der Waals surface area contributed by atoms with Crippen LogP contribution in [-0.4, -0.2) is 24.5 Å². The van der Waals surface area contributed by atoms with Crippen molar-refractivity contribution in [3.8, 4) is 16.9 Å². The maximum Gasteiger partial charge on any atom is 0.124 e. The third kappa shape index (κ3) is 5.51. The lowest BCUT2D eigenvalue weighted by Crippen LogP contribution is -2.29. The number of likely N-dealkylation sites (tertiary alicyclic amines) is 1. The maximum absolute atomic E-state index is 6.42. The van der Waals surface area contributed by atoms with Crippen LogP contribution in [0.2, 0.25) is 0 Å². The number of piperidine rings is 1. The van der Waals surface area contributed by atoms with E-state index in [0.29, 0.717) is 6.61 Å². The number of fused-ring (bicyclic) bond motifs is 1. The fourth-order valence-electron chi connectivity index (χ4n) is 5.20. The Balaban J connectivity index is 1.39. The van der Waals surface area contributed by atoms with Gasteiger partial charge in [0.05, 0.1) is 11.9 Å². The van der Waals surface area contributed by atoms with E-state index in [1.807, 2.05) is 0 Å². The van der Waals surface area contributed by atoms with Crippen molar-refractivity contribution in [1.82, 2.24) is 4.90 Å². The second kappa shape index (κ2) is 9.99. The minimum absolute atomic E-state index is 0.0944. The van der Waals surface area contributed by atoms with E-state index in [9.17, 15) is 0 Å². The van der Waals surface area contributed by atoms with Gasteiger partial charge in [-0.2, -0.15) is 0 Å². The molecule has 5 rings (SSSR count). The molecule has 1 fully saturated rings. The van der Waals surface area contributed by atoms with Gasteiger partial charge in [0, 0.05) is 17.7 Å². The lowest BCUT2D eigenvalue weighted by molar-refractivity contribution is 0.215. The number of benzene rings is 3. The minimum atomic E-state index is 0.0944. The molecule has 1 saturated heterocycles. The standard InChI is InChI=1S/C32H38N2O/c1-23-11-12-30(27(17-23)21-34-15-6-5-7-16-34)35-22-24-9-8-10-25(18-24)29-20-28(32(2,3)4)19-26-13-14-33-31(26)29/h8-13,17-20H,5-7,14-16,21-22H2,1-4H3. The van der Waals surface area contributed by atoms with E-state index in [2.05, 4.69) is 93.3 Å². The molecule has 2 heterocycles. The van der Waals surface area contributed by atoms with Crippen LogP contribution < -0.4 is 15.3 Å². The van der Waals surface area contributed by atoms with Gasteiger partial charge in [-0.15, -0.1) is 0 Å². The van der Waals surface area contributed by atoms with Gasteiger partial charge in [0.15, 0.2) is 0 Å². The van der Waals surface area contributed by atoms with Gasteiger partial charge in [0.1, 0.15) is 12.4 Å². The molecule has 2 aliphatic heterocycles. The summed E-state index contributed by atoms with van der Waals surface area (Å²) in [4.78, 5) is 7.37. The molecule has 2 aliphatic rings. The molecule has 0 amide bonds. The van der Waals surface area contributed by atoms with Crippen LogP contribution in [-0.2, 0) is 18.6 Å². The Labute approximate surface area is 210 Å². The lowest BCUT2D eigenvalue weighted by Gasteiger charge is -2.27. The van der Waals surface area contributed by atoms with Gasteiger partial charge in [-0.05, 0) is 84.4 Å². The largest absolute Gasteiger partial charge is 0.489 e. The molecule has 0 bridgehead atoms. The highest BCUT2D eigenvalue weighted by atomic mass is 16.5. The van der Waals surface area contributed by atoms with Gasteiger partial charge in [-0.1, -0.05) is 69.2 Å². The summed E-state index contributed by atoms with van der Waals surface area (Å²) < 4.78 is 6.42. The predicted molar refractivity (Wildman–Crippen MR) is 145 cm³/mol. The van der Waals surface area contributed by atoms with Crippen LogP contribution in [0.3, 0.4) is 0 Å². The molecule has 0 saturated carbocycles. The van der Waals surface area contributed by atoms with E-state index in [-0.39, 0.29) is 5.41 Å². The number of hydrogen-bond acceptors (Lipinski definition) is 3. The molecule has 3 heteroatoms. The molecule has 35 heavy (non-hydrogen) atoms. The van der Waals surface area contributed by atoms with Crippen LogP contribution in [0.1, 0.15) is 62.3 Å². The summed E-state index contributed by atoms with van der Waals surface area (Å²) in [5, 5.41) is 2.38. The minimum Gasteiger partial charge on any atom is -0.489 e. The van der Waals surface area contributed by atoms with Crippen molar-refractivity contribution in [2.24, 2.45) is 4.99 Å². The van der Waals surface area contributed by atoms with Crippen LogP contribution in [0.25, 0.3) is 17.2 Å². The summed E-state index contributed by atoms with van der Waals surface area (Å²) in [6, 6.07) is 20.0. The average Bonchev–Trinajstić information content (AvgIpc) is 3.32. The number of aryl methyl sites for hydroxylation is 1. The highest BCUT2D eigenvalue weighted by molar-refractivity contribution is 5.66. The van der Waals surface area contributed by atoms with Crippen molar-refractivity contribution >= 4 is 6.08 Å². The van der Waals surface area contributed by atoms with E-state index in [0.717, 1.165) is 24.2 Å². The summed E-state index contributed by atoms with van der Waals surface area (Å²) in [7, 11) is 0. The predicted octanol–water partition coefficient (Wildman–Crippen LogP) is 5.94. The van der Waals surface area contributed by atoms with Crippen LogP contribution in [0, 0.1) is 6.92 Å². The van der Waals surface area contributed by atoms with Crippen LogP contribution in [0.4, 0.5) is 0 Å². The zero-order chi connectivity index (χ0) is 24.4. The van der Waals surface area contributed by atoms with Crippen LogP contribution in [0.15, 0.2) is 59.6 Å². The number of ether oxygens (including phenoxy) is 1. The first-order valence-electron chi connectivity index (χ1n) is 13.1. The molecule has 3 nitrogen and oxygen atoms in total. The molecule has 0 aliphatic carbocycles. The Hall–Kier alpha value is -2.91. The fraction of sp³-hybridized carbons (Fsp3) is 0.406. The molecule has 0 unspecified atom stereocenters. The maximum atomic E-state index is 6.42. The zero-order valence-corrected chi connectivity index (χ0v) is 21.7. The Bertz CT molecular complexity index is 1330. The normalized spacial score (nSPS) is 15.9. The van der Waals surface area contributed by atoms with Gasteiger partial charge in [-0.3, -0.25) is 9.89 Å². The molecule has 0 atom stereocenters. The molecule has 3 aromatic rings. The Morgan fingerprint density at radius 2 is 1.77 bits per heavy atom. The SMILES string of the molecule is Cc1ccc(OCc2cccc(-c3cc(C(C)(C)C)cc4c3=NCC=4)c2)c(CN2CCCCC2)c1. The van der Waals surface area contributed by atoms with Crippen molar-refractivity contribution in [2.75, 3.05) is 19.6 Å². The lowest BCUT2D eigenvalue weighted by atomic mass is 9.84. The molecule has 0 spiro atoms. The van der Waals surface area contributed by atoms with Crippen molar-refractivity contribution in [2.45, 2.75) is 65.5 Å². The first kappa shape index (κ1) is 23.8. The fourth-order valence-corrected chi connectivity index (χ4v) is 5.20. The molecular weight excluding hydrogens is 428 g/mol. The summed E-state index contributed by atoms with van der Waals surface area (Å²) in [6.45, 7) is 13.7. The highest BCUT2D eigenvalue weighted by Crippen LogP contribution is 2.27. The summed E-state index contributed by atoms with van der Waals surface area (Å²) in [5.74, 6) is 1.01. The van der Waals surface area contributed by atoms with Gasteiger partial charge >= 0.3 is 0 Å². The van der Waals surface area contributed by atoms with Crippen molar-refractivity contribution < 1.29 is 4.74 Å². The van der Waals surface area contributed by atoms with Crippen LogP contribution in [0.5, 0.6) is 5.75 Å². The molecule has 0 radical (unpaired) electrons. The monoisotopic (exact) mass is 466 g/mol. The van der Waals surface area contributed by atoms with E-state index < -0.39 is 0 Å². The molecule has 0 aromatic heterocycles. The van der Waals surface area contributed by atoms with Crippen molar-refractivity contribution in [1.29, 1.82) is 0 Å². The molecule has 182 valence electrons. The third-order valence-electron chi connectivity index (χ3n) is 7.26. The smallest absolute Gasteiger partial charge is 0.124 e. The van der Waals surface area contributed by atoms with Gasteiger partial charge in [0.25, 0.3) is 0 Å². The third-order valence-corrected chi connectivity index (χ3v) is 7.26. The zero-order valence-electron chi connectivity index (χ0n) is 21.7. The van der Waals surface area contributed by atoms with Crippen molar-refractivity contribution in [3.05, 3.63) is 87.4 Å². The number of nitrogens with zero attached hydrogens (tertiary/aromatic N) is 2. The molecular formula is C32H38N2O. The Morgan fingerprint density at radius 3 is 2.57 bits per heavy atom. The second-order valence-corrected chi connectivity index (χ2v) is 11.2. The van der Waals surface area contributed by atoms with Crippen LogP contribution >= 0.6 is 0 Å². The second-order valence-electron chi connectivity index (χ2n) is 11.2. The van der Waals surface area contributed by atoms with E-state index >= 15 is 0 Å². The molecule has 0 N–H and O–H groups in total. The first-order valence-corrected chi connectivity index (χ1v) is 13.1. The summed E-state index contributed by atoms with van der Waals surface area (Å²) >= 11 is 0. The van der Waals surface area contributed by atoms with Gasteiger partial charge < -0.3 is 4.74 Å². The van der Waals surface area contributed by atoms with Gasteiger partial charge in [-0.25, -0.2) is 0 Å². The van der Waals surface area contributed by atoms with Crippen molar-refractivity contribution in [3.63, 3.8) is 0 Å². The van der Waals surface area contributed by atoms with E-state index in [4.69, 9.17) is 9.73 Å².